The van der Waals surface area contributed by atoms with Crippen molar-refractivity contribution in [3.8, 4) is 11.5 Å². The number of hydrazone groups is 1. The molecule has 4 rings (SSSR count). The van der Waals surface area contributed by atoms with Crippen LogP contribution < -0.4 is 14.9 Å². The topological polar surface area (TPSA) is 123 Å². The number of nitrogens with zero attached hydrogens (tertiary/aromatic N) is 3. The summed E-state index contributed by atoms with van der Waals surface area (Å²) in [5.74, 6) is 1.66. The molecule has 1 saturated heterocycles. The van der Waals surface area contributed by atoms with E-state index in [2.05, 4.69) is 17.5 Å². The molecule has 2 heterocycles. The van der Waals surface area contributed by atoms with E-state index < -0.39 is 14.9 Å². The first-order valence-corrected chi connectivity index (χ1v) is 11.7. The predicted molar refractivity (Wildman–Crippen MR) is 119 cm³/mol. The standard InChI is InChI=1S/C21H24N4O6S/c1-14-7-8-24(15(2)9-14)32(28,29)21-11-17(25(26)27)4-5-18(21)23-22-12-16-3-6-19-20(10-16)31-13-30-19/h3-6,10-12,14-15,23H,7-9,13H2,1-2H3/b22-12+. The van der Waals surface area contributed by atoms with E-state index >= 15 is 0 Å². The number of anilines is 1. The van der Waals surface area contributed by atoms with Gasteiger partial charge in [-0.15, -0.1) is 0 Å². The second-order valence-corrected chi connectivity index (χ2v) is 9.87. The van der Waals surface area contributed by atoms with E-state index in [1.807, 2.05) is 6.92 Å². The molecule has 10 nitrogen and oxygen atoms in total. The van der Waals surface area contributed by atoms with Crippen molar-refractivity contribution < 1.29 is 22.8 Å². The number of ether oxygens (including phenoxy) is 2. The summed E-state index contributed by atoms with van der Waals surface area (Å²) in [4.78, 5) is 10.5. The Bertz CT molecular complexity index is 1170. The average molecular weight is 461 g/mol. The van der Waals surface area contributed by atoms with Gasteiger partial charge in [0.05, 0.1) is 16.8 Å². The van der Waals surface area contributed by atoms with E-state index in [1.54, 1.807) is 18.2 Å². The summed E-state index contributed by atoms with van der Waals surface area (Å²) < 4.78 is 38.9. The number of fused-ring (bicyclic) bond motifs is 1. The van der Waals surface area contributed by atoms with E-state index in [4.69, 9.17) is 9.47 Å². The molecule has 0 aromatic heterocycles. The number of nitro groups is 1. The van der Waals surface area contributed by atoms with Crippen molar-refractivity contribution in [2.45, 2.75) is 37.6 Å². The Labute approximate surface area is 186 Å². The second-order valence-electron chi connectivity index (χ2n) is 8.01. The summed E-state index contributed by atoms with van der Waals surface area (Å²) in [5, 5.41) is 15.4. The van der Waals surface area contributed by atoms with Crippen molar-refractivity contribution in [3.63, 3.8) is 0 Å². The van der Waals surface area contributed by atoms with Crippen LogP contribution in [0.25, 0.3) is 0 Å². The van der Waals surface area contributed by atoms with Gasteiger partial charge in [0.2, 0.25) is 16.8 Å². The number of rotatable bonds is 6. The number of nitrogens with one attached hydrogen (secondary N) is 1. The largest absolute Gasteiger partial charge is 0.454 e. The van der Waals surface area contributed by atoms with Crippen molar-refractivity contribution in [2.24, 2.45) is 11.0 Å². The molecule has 0 bridgehead atoms. The van der Waals surface area contributed by atoms with Crippen molar-refractivity contribution in [1.82, 2.24) is 4.31 Å². The molecule has 2 unspecified atom stereocenters. The van der Waals surface area contributed by atoms with Gasteiger partial charge in [0.25, 0.3) is 5.69 Å². The Morgan fingerprint density at radius 3 is 2.72 bits per heavy atom. The molecule has 2 atom stereocenters. The molecular weight excluding hydrogens is 436 g/mol. The van der Waals surface area contributed by atoms with E-state index in [0.717, 1.165) is 18.9 Å². The van der Waals surface area contributed by atoms with Crippen LogP contribution in [0.3, 0.4) is 0 Å². The van der Waals surface area contributed by atoms with Gasteiger partial charge in [-0.05, 0) is 55.5 Å². The SMILES string of the molecule is CC1CCN(S(=O)(=O)c2cc([N+](=O)[O-])ccc2N/N=C/c2ccc3c(c2)OCO3)C(C)C1. The van der Waals surface area contributed by atoms with Crippen LogP contribution in [-0.4, -0.2) is 43.2 Å². The first-order valence-electron chi connectivity index (χ1n) is 10.2. The van der Waals surface area contributed by atoms with E-state index in [-0.39, 0.29) is 29.1 Å². The summed E-state index contributed by atoms with van der Waals surface area (Å²) in [6, 6.07) is 8.77. The minimum absolute atomic E-state index is 0.159. The monoisotopic (exact) mass is 460 g/mol. The molecular formula is C21H24N4O6S. The maximum absolute atomic E-state index is 13.4. The van der Waals surface area contributed by atoms with Crippen LogP contribution in [0.4, 0.5) is 11.4 Å². The summed E-state index contributed by atoms with van der Waals surface area (Å²) in [6.45, 7) is 4.47. The highest BCUT2D eigenvalue weighted by molar-refractivity contribution is 7.89. The van der Waals surface area contributed by atoms with Gasteiger partial charge in [-0.1, -0.05) is 6.92 Å². The fraction of sp³-hybridized carbons (Fsp3) is 0.381. The zero-order chi connectivity index (χ0) is 22.9. The third-order valence-corrected chi connectivity index (χ3v) is 7.69. The van der Waals surface area contributed by atoms with Gasteiger partial charge in [0.1, 0.15) is 4.90 Å². The minimum Gasteiger partial charge on any atom is -0.454 e. The zero-order valence-corrected chi connectivity index (χ0v) is 18.5. The Morgan fingerprint density at radius 1 is 1.19 bits per heavy atom. The smallest absolute Gasteiger partial charge is 0.270 e. The molecule has 2 aromatic carbocycles. The molecule has 0 spiro atoms. The number of hydrogen-bond acceptors (Lipinski definition) is 8. The van der Waals surface area contributed by atoms with Gasteiger partial charge in [0, 0.05) is 24.7 Å². The highest BCUT2D eigenvalue weighted by Crippen LogP contribution is 2.34. The lowest BCUT2D eigenvalue weighted by atomic mass is 9.95. The molecule has 0 aliphatic carbocycles. The summed E-state index contributed by atoms with van der Waals surface area (Å²) in [7, 11) is -3.97. The van der Waals surface area contributed by atoms with Gasteiger partial charge >= 0.3 is 0 Å². The van der Waals surface area contributed by atoms with Crippen molar-refractivity contribution in [2.75, 3.05) is 18.8 Å². The van der Waals surface area contributed by atoms with Crippen LogP contribution in [-0.2, 0) is 10.0 Å². The van der Waals surface area contributed by atoms with Crippen LogP contribution >= 0.6 is 0 Å². The van der Waals surface area contributed by atoms with Gasteiger partial charge in [0.15, 0.2) is 11.5 Å². The Balaban J connectivity index is 1.63. The van der Waals surface area contributed by atoms with Crippen LogP contribution in [0.2, 0.25) is 0 Å². The molecule has 2 aromatic rings. The average Bonchev–Trinajstić information content (AvgIpc) is 3.21. The second kappa shape index (κ2) is 8.75. The molecule has 11 heteroatoms. The van der Waals surface area contributed by atoms with Crippen LogP contribution in [0, 0.1) is 16.0 Å². The first-order chi connectivity index (χ1) is 15.3. The lowest BCUT2D eigenvalue weighted by molar-refractivity contribution is -0.385. The van der Waals surface area contributed by atoms with Crippen LogP contribution in [0.15, 0.2) is 46.4 Å². The maximum atomic E-state index is 13.4. The molecule has 2 aliphatic rings. The molecule has 32 heavy (non-hydrogen) atoms. The van der Waals surface area contributed by atoms with E-state index in [9.17, 15) is 18.5 Å². The fourth-order valence-electron chi connectivity index (χ4n) is 3.97. The highest BCUT2D eigenvalue weighted by Gasteiger charge is 2.35. The van der Waals surface area contributed by atoms with Gasteiger partial charge in [-0.25, -0.2) is 8.42 Å². The number of hydrogen-bond donors (Lipinski definition) is 1. The third kappa shape index (κ3) is 4.39. The van der Waals surface area contributed by atoms with Gasteiger partial charge < -0.3 is 9.47 Å². The van der Waals surface area contributed by atoms with E-state index in [0.29, 0.717) is 29.5 Å². The molecule has 0 amide bonds. The highest BCUT2D eigenvalue weighted by atomic mass is 32.2. The summed E-state index contributed by atoms with van der Waals surface area (Å²) in [5.41, 5.74) is 3.31. The first kappa shape index (κ1) is 22.0. The third-order valence-electron chi connectivity index (χ3n) is 5.64. The van der Waals surface area contributed by atoms with Crippen molar-refractivity contribution >= 4 is 27.6 Å². The Kier molecular flexibility index (Phi) is 6.02. The predicted octanol–water partition coefficient (Wildman–Crippen LogP) is 3.58. The number of non-ortho nitro benzene ring substituents is 1. The number of nitro benzene ring substituents is 1. The fourth-order valence-corrected chi connectivity index (χ4v) is 5.79. The molecule has 0 saturated carbocycles. The molecule has 170 valence electrons. The van der Waals surface area contributed by atoms with Gasteiger partial charge in [-0.3, -0.25) is 15.5 Å². The molecule has 2 aliphatic heterocycles. The normalized spacial score (nSPS) is 21.1. The van der Waals surface area contributed by atoms with Crippen LogP contribution in [0.1, 0.15) is 32.3 Å². The van der Waals surface area contributed by atoms with Crippen molar-refractivity contribution in [1.29, 1.82) is 0 Å². The summed E-state index contributed by atoms with van der Waals surface area (Å²) >= 11 is 0. The number of piperidine rings is 1. The quantitative estimate of drug-likeness (QED) is 0.397. The lowest BCUT2D eigenvalue weighted by Crippen LogP contribution is -2.44. The number of sulfonamides is 1. The molecule has 0 radical (unpaired) electrons. The van der Waals surface area contributed by atoms with Gasteiger partial charge in [-0.2, -0.15) is 9.41 Å². The number of benzene rings is 2. The molecule has 1 N–H and O–H groups in total. The zero-order valence-electron chi connectivity index (χ0n) is 17.7. The minimum atomic E-state index is -3.97. The van der Waals surface area contributed by atoms with Crippen molar-refractivity contribution in [3.05, 3.63) is 52.1 Å². The Morgan fingerprint density at radius 2 is 1.97 bits per heavy atom. The lowest BCUT2D eigenvalue weighted by Gasteiger charge is -2.35. The van der Waals surface area contributed by atoms with E-state index in [1.165, 1.54) is 22.7 Å². The molecule has 1 fully saturated rings. The Hall–Kier alpha value is -3.18. The maximum Gasteiger partial charge on any atom is 0.270 e. The summed E-state index contributed by atoms with van der Waals surface area (Å²) in [6.07, 6.45) is 2.98. The van der Waals surface area contributed by atoms with Crippen LogP contribution in [0.5, 0.6) is 11.5 Å².